The molecule has 1 aliphatic carbocycles. The number of hydrogen-bond acceptors (Lipinski definition) is 4. The van der Waals surface area contributed by atoms with Crippen molar-refractivity contribution in [1.29, 1.82) is 0 Å². The van der Waals surface area contributed by atoms with Crippen molar-refractivity contribution in [3.63, 3.8) is 0 Å². The van der Waals surface area contributed by atoms with E-state index >= 15 is 0 Å². The lowest BCUT2D eigenvalue weighted by atomic mass is 9.82. The van der Waals surface area contributed by atoms with E-state index in [0.717, 1.165) is 17.7 Å². The summed E-state index contributed by atoms with van der Waals surface area (Å²) in [4.78, 5) is 48.2. The summed E-state index contributed by atoms with van der Waals surface area (Å²) in [6.45, 7) is -0.000625. The summed E-state index contributed by atoms with van der Waals surface area (Å²) in [6, 6.07) is -0.726. The third-order valence-electron chi connectivity index (χ3n) is 3.85. The lowest BCUT2D eigenvalue weighted by molar-refractivity contribution is -0.151. The van der Waals surface area contributed by atoms with Crippen LogP contribution in [0.2, 0.25) is 0 Å². The van der Waals surface area contributed by atoms with Crippen molar-refractivity contribution in [2.45, 2.75) is 32.1 Å². The molecule has 2 N–H and O–H groups in total. The normalized spacial score (nSPS) is 21.7. The second-order valence-electron chi connectivity index (χ2n) is 4.93. The van der Waals surface area contributed by atoms with Gasteiger partial charge in [-0.15, -0.1) is 0 Å². The third kappa shape index (κ3) is 2.20. The Morgan fingerprint density at radius 2 is 1.95 bits per heavy atom. The van der Waals surface area contributed by atoms with E-state index in [-0.39, 0.29) is 18.9 Å². The van der Waals surface area contributed by atoms with E-state index in [2.05, 4.69) is 10.6 Å². The van der Waals surface area contributed by atoms with Crippen molar-refractivity contribution < 1.29 is 19.2 Å². The van der Waals surface area contributed by atoms with Crippen LogP contribution in [0.5, 0.6) is 0 Å². The fourth-order valence-electron chi connectivity index (χ4n) is 2.69. The maximum absolute atomic E-state index is 12.4. The minimum Gasteiger partial charge on any atom is -0.359 e. The maximum atomic E-state index is 12.4. The third-order valence-corrected chi connectivity index (χ3v) is 3.85. The van der Waals surface area contributed by atoms with Crippen molar-refractivity contribution in [1.82, 2.24) is 15.5 Å². The van der Waals surface area contributed by atoms with Crippen LogP contribution in [0.15, 0.2) is 0 Å². The minimum absolute atomic E-state index is 0.000625. The molecule has 0 aromatic carbocycles. The van der Waals surface area contributed by atoms with Gasteiger partial charge in [-0.1, -0.05) is 12.8 Å². The molecule has 7 nitrogen and oxygen atoms in total. The molecule has 0 bridgehead atoms. The first-order valence-electron chi connectivity index (χ1n) is 6.39. The number of amides is 5. The predicted octanol–water partition coefficient (Wildman–Crippen LogP) is -0.239. The lowest BCUT2D eigenvalue weighted by Crippen LogP contribution is -2.63. The number of imide groups is 2. The van der Waals surface area contributed by atoms with Gasteiger partial charge < -0.3 is 5.32 Å². The van der Waals surface area contributed by atoms with Gasteiger partial charge >= 0.3 is 6.03 Å². The Kier molecular flexibility index (Phi) is 3.55. The average Bonchev–Trinajstić information content (AvgIpc) is 2.87. The minimum atomic E-state index is -1.09. The summed E-state index contributed by atoms with van der Waals surface area (Å²) in [5.74, 6) is -1.20. The van der Waals surface area contributed by atoms with Gasteiger partial charge in [-0.2, -0.15) is 0 Å². The molecule has 2 fully saturated rings. The van der Waals surface area contributed by atoms with Crippen LogP contribution in [-0.4, -0.2) is 42.2 Å². The number of hydrogen-bond donors (Lipinski definition) is 2. The van der Waals surface area contributed by atoms with Gasteiger partial charge in [0.05, 0.1) is 0 Å². The maximum Gasteiger partial charge on any atom is 0.330 e. The Bertz CT molecular complexity index is 440. The second-order valence-corrected chi connectivity index (χ2v) is 4.93. The number of rotatable bonds is 3. The number of nitrogens with zero attached hydrogens (tertiary/aromatic N) is 1. The first kappa shape index (κ1) is 13.5. The zero-order valence-electron chi connectivity index (χ0n) is 10.8. The molecule has 0 atom stereocenters. The van der Waals surface area contributed by atoms with Crippen LogP contribution in [0.1, 0.15) is 32.1 Å². The van der Waals surface area contributed by atoms with Crippen molar-refractivity contribution in [2.75, 3.05) is 13.6 Å². The van der Waals surface area contributed by atoms with Gasteiger partial charge in [0.15, 0.2) is 0 Å². The van der Waals surface area contributed by atoms with Crippen molar-refractivity contribution >= 4 is 23.8 Å². The number of carbonyl (C=O) groups is 4. The van der Waals surface area contributed by atoms with Gasteiger partial charge in [0.1, 0.15) is 5.41 Å². The molecule has 2 aliphatic rings. The van der Waals surface area contributed by atoms with Crippen LogP contribution >= 0.6 is 0 Å². The Morgan fingerprint density at radius 1 is 1.32 bits per heavy atom. The molecular weight excluding hydrogens is 250 g/mol. The van der Waals surface area contributed by atoms with Gasteiger partial charge in [0.25, 0.3) is 0 Å². The molecule has 1 spiro atoms. The zero-order chi connectivity index (χ0) is 14.0. The van der Waals surface area contributed by atoms with Crippen LogP contribution in [0.25, 0.3) is 0 Å². The van der Waals surface area contributed by atoms with Gasteiger partial charge in [-0.3, -0.25) is 24.6 Å². The molecule has 1 saturated heterocycles. The number of carbonyl (C=O) groups excluding carboxylic acids is 4. The highest BCUT2D eigenvalue weighted by Gasteiger charge is 2.54. The summed E-state index contributed by atoms with van der Waals surface area (Å²) in [7, 11) is 1.49. The van der Waals surface area contributed by atoms with E-state index in [1.165, 1.54) is 7.05 Å². The van der Waals surface area contributed by atoms with Crippen LogP contribution < -0.4 is 10.6 Å². The average molecular weight is 267 g/mol. The molecule has 5 amide bonds. The first-order valence-corrected chi connectivity index (χ1v) is 6.39. The van der Waals surface area contributed by atoms with Crippen molar-refractivity contribution in [2.24, 2.45) is 5.41 Å². The van der Waals surface area contributed by atoms with Crippen LogP contribution in [0, 0.1) is 5.41 Å². The summed E-state index contributed by atoms with van der Waals surface area (Å²) < 4.78 is 0. The molecule has 1 aliphatic heterocycles. The van der Waals surface area contributed by atoms with Gasteiger partial charge in [0.2, 0.25) is 17.7 Å². The predicted molar refractivity (Wildman–Crippen MR) is 64.8 cm³/mol. The van der Waals surface area contributed by atoms with Crippen LogP contribution in [0.4, 0.5) is 4.79 Å². The van der Waals surface area contributed by atoms with Gasteiger partial charge in [0, 0.05) is 20.0 Å². The molecule has 1 heterocycles. The molecular formula is C12H17N3O4. The molecule has 7 heteroatoms. The largest absolute Gasteiger partial charge is 0.359 e. The summed E-state index contributed by atoms with van der Waals surface area (Å²) in [6.07, 6.45) is 2.59. The molecule has 1 saturated carbocycles. The first-order chi connectivity index (χ1) is 9.01. The topological polar surface area (TPSA) is 95.6 Å². The Morgan fingerprint density at radius 3 is 2.53 bits per heavy atom. The van der Waals surface area contributed by atoms with Crippen molar-refractivity contribution in [3.8, 4) is 0 Å². The van der Waals surface area contributed by atoms with Crippen LogP contribution in [0.3, 0.4) is 0 Å². The SMILES string of the molecule is CNC(=O)CCN1C(=O)NC(=O)C2(CCCC2)C1=O. The monoisotopic (exact) mass is 267 g/mol. The Labute approximate surface area is 110 Å². The lowest BCUT2D eigenvalue weighted by Gasteiger charge is -2.36. The highest BCUT2D eigenvalue weighted by Crippen LogP contribution is 2.41. The molecule has 0 aromatic rings. The molecule has 0 unspecified atom stereocenters. The molecule has 19 heavy (non-hydrogen) atoms. The molecule has 0 radical (unpaired) electrons. The highest BCUT2D eigenvalue weighted by molar-refractivity contribution is 6.19. The molecule has 104 valence electrons. The van der Waals surface area contributed by atoms with E-state index in [9.17, 15) is 19.2 Å². The Hall–Kier alpha value is -1.92. The highest BCUT2D eigenvalue weighted by atomic mass is 16.2. The van der Waals surface area contributed by atoms with Gasteiger partial charge in [-0.25, -0.2) is 4.79 Å². The smallest absolute Gasteiger partial charge is 0.330 e. The molecule has 0 aromatic heterocycles. The quantitative estimate of drug-likeness (QED) is 0.690. The fraction of sp³-hybridized carbons (Fsp3) is 0.667. The van der Waals surface area contributed by atoms with E-state index in [0.29, 0.717) is 12.8 Å². The second kappa shape index (κ2) is 4.99. The van der Waals surface area contributed by atoms with E-state index in [1.807, 2.05) is 0 Å². The number of barbiturate groups is 1. The molecule has 2 rings (SSSR count). The fourth-order valence-corrected chi connectivity index (χ4v) is 2.69. The summed E-state index contributed by atoms with van der Waals surface area (Å²) in [5.41, 5.74) is -1.09. The zero-order valence-corrected chi connectivity index (χ0v) is 10.8. The van der Waals surface area contributed by atoms with Crippen molar-refractivity contribution in [3.05, 3.63) is 0 Å². The van der Waals surface area contributed by atoms with Gasteiger partial charge in [-0.05, 0) is 12.8 Å². The number of nitrogens with one attached hydrogen (secondary N) is 2. The van der Waals surface area contributed by atoms with E-state index in [4.69, 9.17) is 0 Å². The summed E-state index contributed by atoms with van der Waals surface area (Å²) in [5, 5.41) is 4.66. The number of urea groups is 1. The summed E-state index contributed by atoms with van der Waals surface area (Å²) >= 11 is 0. The Balaban J connectivity index is 2.14. The van der Waals surface area contributed by atoms with Crippen LogP contribution in [-0.2, 0) is 14.4 Å². The van der Waals surface area contributed by atoms with E-state index < -0.39 is 23.3 Å². The van der Waals surface area contributed by atoms with E-state index in [1.54, 1.807) is 0 Å². The standard InChI is InChI=1S/C12H17N3O4/c1-13-8(16)4-7-15-10(18)12(5-2-3-6-12)9(17)14-11(15)19/h2-7H2,1H3,(H,13,16)(H,14,17,19).